The monoisotopic (exact) mass is 314 g/mol. The van der Waals surface area contributed by atoms with E-state index < -0.39 is 5.97 Å². The average molecular weight is 315 g/mol. The van der Waals surface area contributed by atoms with Crippen LogP contribution in [0.15, 0.2) is 22.7 Å². The van der Waals surface area contributed by atoms with Crippen molar-refractivity contribution in [1.29, 1.82) is 0 Å². The summed E-state index contributed by atoms with van der Waals surface area (Å²) in [6.07, 6.45) is 3.69. The summed E-state index contributed by atoms with van der Waals surface area (Å²) >= 11 is 3.43. The van der Waals surface area contributed by atoms with Crippen molar-refractivity contribution in [3.8, 4) is 5.75 Å². The third kappa shape index (κ3) is 5.54. The van der Waals surface area contributed by atoms with Crippen LogP contribution in [0.4, 0.5) is 0 Å². The van der Waals surface area contributed by atoms with Crippen LogP contribution in [-0.2, 0) is 11.2 Å². The van der Waals surface area contributed by atoms with Crippen LogP contribution in [0.25, 0.3) is 0 Å². The number of halogens is 1. The molecule has 0 unspecified atom stereocenters. The lowest BCUT2D eigenvalue weighted by molar-refractivity contribution is -0.137. The normalized spacial score (nSPS) is 10.3. The summed E-state index contributed by atoms with van der Waals surface area (Å²) in [6, 6.07) is 5.89. The molecule has 0 heterocycles. The molecule has 0 atom stereocenters. The lowest BCUT2D eigenvalue weighted by atomic mass is 10.1. The highest BCUT2D eigenvalue weighted by atomic mass is 79.9. The predicted molar refractivity (Wildman–Crippen MR) is 75.1 cm³/mol. The van der Waals surface area contributed by atoms with Gasteiger partial charge in [0.15, 0.2) is 0 Å². The van der Waals surface area contributed by atoms with E-state index in [-0.39, 0.29) is 6.42 Å². The fourth-order valence-corrected chi connectivity index (χ4v) is 2.05. The molecule has 0 spiro atoms. The van der Waals surface area contributed by atoms with Crippen molar-refractivity contribution in [1.82, 2.24) is 0 Å². The van der Waals surface area contributed by atoms with Crippen LogP contribution in [0.2, 0.25) is 0 Å². The molecule has 3 nitrogen and oxygen atoms in total. The number of benzene rings is 1. The molecule has 0 bridgehead atoms. The Labute approximate surface area is 116 Å². The van der Waals surface area contributed by atoms with Crippen molar-refractivity contribution in [2.45, 2.75) is 39.0 Å². The minimum Gasteiger partial charge on any atom is -0.493 e. The van der Waals surface area contributed by atoms with Crippen LogP contribution in [-0.4, -0.2) is 17.7 Å². The van der Waals surface area contributed by atoms with Gasteiger partial charge in [-0.3, -0.25) is 4.79 Å². The molecule has 0 aliphatic heterocycles. The highest BCUT2D eigenvalue weighted by Gasteiger charge is 2.06. The maximum atomic E-state index is 10.5. The average Bonchev–Trinajstić information content (AvgIpc) is 2.31. The smallest absolute Gasteiger partial charge is 0.303 e. The van der Waals surface area contributed by atoms with Gasteiger partial charge in [-0.25, -0.2) is 0 Å². The van der Waals surface area contributed by atoms with Gasteiger partial charge < -0.3 is 9.84 Å². The topological polar surface area (TPSA) is 46.5 Å². The molecule has 1 N–H and O–H groups in total. The molecule has 0 aliphatic carbocycles. The number of carboxylic acids is 1. The van der Waals surface area contributed by atoms with E-state index in [0.717, 1.165) is 35.0 Å². The minimum absolute atomic E-state index is 0.195. The molecule has 4 heteroatoms. The summed E-state index contributed by atoms with van der Waals surface area (Å²) in [5, 5.41) is 8.65. The molecule has 1 aromatic rings. The Morgan fingerprint density at radius 2 is 2.17 bits per heavy atom. The SMILES string of the molecule is CCCCOc1ccc(Br)cc1CCCC(=O)O. The van der Waals surface area contributed by atoms with Crippen LogP contribution in [0.3, 0.4) is 0 Å². The summed E-state index contributed by atoms with van der Waals surface area (Å²) < 4.78 is 6.72. The first-order chi connectivity index (χ1) is 8.63. The summed E-state index contributed by atoms with van der Waals surface area (Å²) in [5.41, 5.74) is 1.07. The van der Waals surface area contributed by atoms with E-state index in [1.54, 1.807) is 0 Å². The summed E-state index contributed by atoms with van der Waals surface area (Å²) in [6.45, 7) is 2.84. The summed E-state index contributed by atoms with van der Waals surface area (Å²) in [7, 11) is 0. The van der Waals surface area contributed by atoms with Crippen molar-refractivity contribution in [3.05, 3.63) is 28.2 Å². The molecule has 1 rings (SSSR count). The third-order valence-electron chi connectivity index (χ3n) is 2.61. The van der Waals surface area contributed by atoms with Gasteiger partial charge in [0, 0.05) is 10.9 Å². The second kappa shape index (κ2) is 8.14. The number of hydrogen-bond donors (Lipinski definition) is 1. The first-order valence-corrected chi connectivity index (χ1v) is 7.05. The Morgan fingerprint density at radius 1 is 1.39 bits per heavy atom. The first-order valence-electron chi connectivity index (χ1n) is 6.26. The Bertz CT molecular complexity index is 391. The van der Waals surface area contributed by atoms with E-state index in [0.29, 0.717) is 13.0 Å². The molecule has 0 saturated heterocycles. The Balaban J connectivity index is 2.61. The van der Waals surface area contributed by atoms with Gasteiger partial charge >= 0.3 is 5.97 Å². The van der Waals surface area contributed by atoms with Crippen LogP contribution in [0, 0.1) is 0 Å². The molecule has 1 aromatic carbocycles. The number of rotatable bonds is 8. The molecular weight excluding hydrogens is 296 g/mol. The van der Waals surface area contributed by atoms with Gasteiger partial charge in [0.2, 0.25) is 0 Å². The standard InChI is InChI=1S/C14H19BrO3/c1-2-3-9-18-13-8-7-12(15)10-11(13)5-4-6-14(16)17/h7-8,10H,2-6,9H2,1H3,(H,16,17). The van der Waals surface area contributed by atoms with E-state index in [9.17, 15) is 4.79 Å². The van der Waals surface area contributed by atoms with Gasteiger partial charge in [0.1, 0.15) is 5.75 Å². The summed E-state index contributed by atoms with van der Waals surface area (Å²) in [5.74, 6) is 0.121. The van der Waals surface area contributed by atoms with E-state index in [1.807, 2.05) is 18.2 Å². The maximum absolute atomic E-state index is 10.5. The van der Waals surface area contributed by atoms with Crippen molar-refractivity contribution in [3.63, 3.8) is 0 Å². The van der Waals surface area contributed by atoms with Gasteiger partial charge in [-0.15, -0.1) is 0 Å². The molecule has 0 saturated carbocycles. The van der Waals surface area contributed by atoms with Crippen LogP contribution >= 0.6 is 15.9 Å². The first kappa shape index (κ1) is 15.0. The largest absolute Gasteiger partial charge is 0.493 e. The quantitative estimate of drug-likeness (QED) is 0.737. The van der Waals surface area contributed by atoms with E-state index in [2.05, 4.69) is 22.9 Å². The number of aryl methyl sites for hydroxylation is 1. The zero-order chi connectivity index (χ0) is 13.4. The number of carbonyl (C=O) groups is 1. The second-order valence-corrected chi connectivity index (χ2v) is 5.12. The summed E-state index contributed by atoms with van der Waals surface area (Å²) in [4.78, 5) is 10.5. The molecule has 0 radical (unpaired) electrons. The number of ether oxygens (including phenoxy) is 1. The number of carboxylic acid groups (broad SMARTS) is 1. The lowest BCUT2D eigenvalue weighted by Crippen LogP contribution is -2.01. The van der Waals surface area contributed by atoms with Crippen LogP contribution in [0.1, 0.15) is 38.2 Å². The molecule has 100 valence electrons. The Morgan fingerprint density at radius 3 is 2.83 bits per heavy atom. The number of unbranched alkanes of at least 4 members (excludes halogenated alkanes) is 1. The van der Waals surface area contributed by atoms with Crippen molar-refractivity contribution in [2.24, 2.45) is 0 Å². The Hall–Kier alpha value is -1.03. The van der Waals surface area contributed by atoms with Gasteiger partial charge in [-0.2, -0.15) is 0 Å². The zero-order valence-corrected chi connectivity index (χ0v) is 12.2. The zero-order valence-electron chi connectivity index (χ0n) is 10.6. The molecule has 0 fully saturated rings. The van der Waals surface area contributed by atoms with E-state index in [1.165, 1.54) is 0 Å². The highest BCUT2D eigenvalue weighted by Crippen LogP contribution is 2.25. The van der Waals surface area contributed by atoms with E-state index in [4.69, 9.17) is 9.84 Å². The van der Waals surface area contributed by atoms with Crippen molar-refractivity contribution in [2.75, 3.05) is 6.61 Å². The minimum atomic E-state index is -0.751. The third-order valence-corrected chi connectivity index (χ3v) is 3.11. The number of hydrogen-bond acceptors (Lipinski definition) is 2. The van der Waals surface area contributed by atoms with Crippen LogP contribution in [0.5, 0.6) is 5.75 Å². The fraction of sp³-hybridized carbons (Fsp3) is 0.500. The van der Waals surface area contributed by atoms with Crippen molar-refractivity contribution >= 4 is 21.9 Å². The van der Waals surface area contributed by atoms with E-state index >= 15 is 0 Å². The van der Waals surface area contributed by atoms with Crippen molar-refractivity contribution < 1.29 is 14.6 Å². The second-order valence-electron chi connectivity index (χ2n) is 4.20. The predicted octanol–water partition coefficient (Wildman–Crippen LogP) is 4.04. The van der Waals surface area contributed by atoms with Gasteiger partial charge in [-0.05, 0) is 43.0 Å². The molecular formula is C14H19BrO3. The molecule has 0 amide bonds. The Kier molecular flexibility index (Phi) is 6.80. The highest BCUT2D eigenvalue weighted by molar-refractivity contribution is 9.10. The van der Waals surface area contributed by atoms with Gasteiger partial charge in [0.25, 0.3) is 0 Å². The lowest BCUT2D eigenvalue weighted by Gasteiger charge is -2.11. The van der Waals surface area contributed by atoms with Gasteiger partial charge in [0.05, 0.1) is 6.61 Å². The fourth-order valence-electron chi connectivity index (χ4n) is 1.64. The number of aliphatic carboxylic acids is 1. The molecule has 0 aromatic heterocycles. The molecule has 0 aliphatic rings. The van der Waals surface area contributed by atoms with Crippen LogP contribution < -0.4 is 4.74 Å². The molecule has 18 heavy (non-hydrogen) atoms. The van der Waals surface area contributed by atoms with Gasteiger partial charge in [-0.1, -0.05) is 29.3 Å². The maximum Gasteiger partial charge on any atom is 0.303 e.